The van der Waals surface area contributed by atoms with E-state index in [4.69, 9.17) is 4.74 Å². The van der Waals surface area contributed by atoms with Crippen LogP contribution in [0.2, 0.25) is 0 Å². The maximum absolute atomic E-state index is 14.6. The molecule has 0 N–H and O–H groups in total. The zero-order valence-corrected chi connectivity index (χ0v) is 24.7. The van der Waals surface area contributed by atoms with Gasteiger partial charge in [0.15, 0.2) is 0 Å². The SMILES string of the molecule is COc1cccc(Cc2nsc(N3CCN(S(=O)(=O)C(F)(F)C(F)(F)C(F)(F)C(F)(F)C(F)(F)C(F)(F)C(F)(F)C(F)(F)F)CC3)n2)c1. The van der Waals surface area contributed by atoms with Crippen molar-refractivity contribution >= 4 is 26.7 Å². The number of nitrogens with zero attached hydrogens (tertiary/aromatic N) is 4. The Bertz CT molecular complexity index is 1570. The molecule has 1 aliphatic rings. The lowest BCUT2D eigenvalue weighted by Crippen LogP contribution is -2.75. The summed E-state index contributed by atoms with van der Waals surface area (Å²) >= 11 is 0.676. The molecule has 0 radical (unpaired) electrons. The minimum absolute atomic E-state index is 0.00738. The summed E-state index contributed by atoms with van der Waals surface area (Å²) in [4.78, 5) is 5.24. The highest BCUT2D eigenvalue weighted by Crippen LogP contribution is 2.64. The molecule has 3 rings (SSSR count). The zero-order chi connectivity index (χ0) is 37.2. The smallest absolute Gasteiger partial charge is 0.460 e. The number of ether oxygens (including phenoxy) is 1. The fraction of sp³-hybridized carbons (Fsp3) is 0.636. The van der Waals surface area contributed by atoms with Crippen LogP contribution in [-0.4, -0.2) is 102 Å². The van der Waals surface area contributed by atoms with Crippen LogP contribution in [0.5, 0.6) is 5.75 Å². The quantitative estimate of drug-likeness (QED) is 0.228. The standard InChI is InChI=1S/C22H17F17N4O3S2/c1-46-12-4-2-3-11(9-12)10-13-40-14(47-41-13)42-5-7-43(8-6-42)48(44,45)22(38,39)20(33,34)18(29,30)16(25,26)15(23,24)17(27,28)19(31,32)21(35,36)37/h2-4,9H,5-8,10H2,1H3. The van der Waals surface area contributed by atoms with E-state index in [0.29, 0.717) is 22.8 Å². The molecule has 1 saturated heterocycles. The molecule has 274 valence electrons. The van der Waals surface area contributed by atoms with E-state index >= 15 is 0 Å². The van der Waals surface area contributed by atoms with E-state index in [2.05, 4.69) is 9.36 Å². The minimum Gasteiger partial charge on any atom is -0.497 e. The molecule has 2 aromatic rings. The number of alkyl halides is 17. The second kappa shape index (κ2) is 12.2. The van der Waals surface area contributed by atoms with E-state index in [-0.39, 0.29) is 17.4 Å². The Morgan fingerprint density at radius 3 is 1.69 bits per heavy atom. The minimum atomic E-state index is -8.88. The molecule has 1 fully saturated rings. The van der Waals surface area contributed by atoms with Crippen LogP contribution in [-0.2, 0) is 16.4 Å². The van der Waals surface area contributed by atoms with Gasteiger partial charge in [-0.1, -0.05) is 12.1 Å². The number of anilines is 1. The summed E-state index contributed by atoms with van der Waals surface area (Å²) in [6.45, 7) is -4.10. The third-order valence-corrected chi connectivity index (χ3v) is 9.58. The fourth-order valence-electron chi connectivity index (χ4n) is 4.00. The average molecular weight is 773 g/mol. The van der Waals surface area contributed by atoms with Crippen molar-refractivity contribution in [3.05, 3.63) is 35.7 Å². The first kappa shape index (κ1) is 39.5. The summed E-state index contributed by atoms with van der Waals surface area (Å²) in [6.07, 6.45) is -7.78. The van der Waals surface area contributed by atoms with Gasteiger partial charge in [-0.3, -0.25) is 0 Å². The summed E-state index contributed by atoms with van der Waals surface area (Å²) in [5.41, 5.74) is 0.649. The van der Waals surface area contributed by atoms with Crippen molar-refractivity contribution < 1.29 is 87.8 Å². The molecule has 0 unspecified atom stereocenters. The third kappa shape index (κ3) is 5.87. The number of hydrogen-bond acceptors (Lipinski definition) is 7. The van der Waals surface area contributed by atoms with Crippen LogP contribution in [0.3, 0.4) is 0 Å². The van der Waals surface area contributed by atoms with E-state index < -0.39 is 87.5 Å². The Balaban J connectivity index is 1.84. The van der Waals surface area contributed by atoms with E-state index in [0.717, 1.165) is 4.90 Å². The lowest BCUT2D eigenvalue weighted by Gasteiger charge is -2.43. The second-order valence-corrected chi connectivity index (χ2v) is 12.6. The molecule has 26 heteroatoms. The number of piperazine rings is 1. The monoisotopic (exact) mass is 772 g/mol. The summed E-state index contributed by atoms with van der Waals surface area (Å²) < 4.78 is 264. The number of methoxy groups -OCH3 is 1. The molecular weight excluding hydrogens is 755 g/mol. The number of halogens is 17. The van der Waals surface area contributed by atoms with Crippen molar-refractivity contribution in [3.8, 4) is 5.75 Å². The molecule has 0 saturated carbocycles. The fourth-order valence-corrected chi connectivity index (χ4v) is 6.16. The Labute approximate surface area is 261 Å². The van der Waals surface area contributed by atoms with Crippen molar-refractivity contribution in [2.45, 2.75) is 53.4 Å². The molecule has 48 heavy (non-hydrogen) atoms. The van der Waals surface area contributed by atoms with Crippen LogP contribution in [0.4, 0.5) is 79.8 Å². The van der Waals surface area contributed by atoms with Gasteiger partial charge in [-0.25, -0.2) is 13.4 Å². The molecule has 1 aromatic heterocycles. The zero-order valence-electron chi connectivity index (χ0n) is 23.1. The van der Waals surface area contributed by atoms with Gasteiger partial charge in [0.05, 0.1) is 7.11 Å². The van der Waals surface area contributed by atoms with Crippen molar-refractivity contribution in [2.75, 3.05) is 38.2 Å². The molecular formula is C22H17F17N4O3S2. The van der Waals surface area contributed by atoms with Gasteiger partial charge < -0.3 is 9.64 Å². The maximum Gasteiger partial charge on any atom is 0.460 e. The lowest BCUT2D eigenvalue weighted by molar-refractivity contribution is -0.458. The van der Waals surface area contributed by atoms with Gasteiger partial charge in [0.2, 0.25) is 5.13 Å². The van der Waals surface area contributed by atoms with Crippen molar-refractivity contribution in [1.29, 1.82) is 0 Å². The lowest BCUT2D eigenvalue weighted by atomic mass is 9.91. The van der Waals surface area contributed by atoms with Crippen LogP contribution in [0.25, 0.3) is 0 Å². The van der Waals surface area contributed by atoms with Gasteiger partial charge in [0.1, 0.15) is 11.6 Å². The Morgan fingerprint density at radius 2 is 1.21 bits per heavy atom. The van der Waals surface area contributed by atoms with E-state index in [1.807, 2.05) is 0 Å². The van der Waals surface area contributed by atoms with Crippen molar-refractivity contribution in [2.24, 2.45) is 0 Å². The maximum atomic E-state index is 14.6. The molecule has 7 nitrogen and oxygen atoms in total. The summed E-state index contributed by atoms with van der Waals surface area (Å²) in [5.74, 6) is -51.2. The number of aromatic nitrogens is 2. The van der Waals surface area contributed by atoms with Gasteiger partial charge >= 0.3 is 47.0 Å². The highest BCUT2D eigenvalue weighted by Gasteiger charge is 2.96. The predicted octanol–water partition coefficient (Wildman–Crippen LogP) is 6.56. The summed E-state index contributed by atoms with van der Waals surface area (Å²) in [7, 11) is -5.95. The van der Waals surface area contributed by atoms with Gasteiger partial charge in [0.25, 0.3) is 10.0 Å². The first-order chi connectivity index (χ1) is 21.5. The van der Waals surface area contributed by atoms with Gasteiger partial charge in [-0.05, 0) is 17.7 Å². The number of benzene rings is 1. The van der Waals surface area contributed by atoms with Crippen LogP contribution < -0.4 is 9.64 Å². The van der Waals surface area contributed by atoms with E-state index in [1.54, 1.807) is 24.3 Å². The largest absolute Gasteiger partial charge is 0.497 e. The molecule has 0 atom stereocenters. The van der Waals surface area contributed by atoms with E-state index in [1.165, 1.54) is 7.11 Å². The summed E-state index contributed by atoms with van der Waals surface area (Å²) in [5, 5.41) is -7.59. The first-order valence-electron chi connectivity index (χ1n) is 12.4. The predicted molar refractivity (Wildman–Crippen MR) is 129 cm³/mol. The van der Waals surface area contributed by atoms with Gasteiger partial charge in [-0.2, -0.15) is 83.3 Å². The number of sulfonamides is 1. The van der Waals surface area contributed by atoms with Crippen LogP contribution in [0.1, 0.15) is 11.4 Å². The normalized spacial score (nSPS) is 17.2. The Kier molecular flexibility index (Phi) is 10.0. The molecule has 0 amide bonds. The molecule has 0 bridgehead atoms. The van der Waals surface area contributed by atoms with Crippen molar-refractivity contribution in [1.82, 2.24) is 13.7 Å². The topological polar surface area (TPSA) is 75.6 Å². The molecule has 0 spiro atoms. The molecule has 0 aliphatic carbocycles. The van der Waals surface area contributed by atoms with Crippen molar-refractivity contribution in [3.63, 3.8) is 0 Å². The van der Waals surface area contributed by atoms with Crippen LogP contribution >= 0.6 is 11.5 Å². The number of rotatable bonds is 12. The van der Waals surface area contributed by atoms with Crippen LogP contribution in [0, 0.1) is 0 Å². The second-order valence-electron chi connectivity index (χ2n) is 9.87. The summed E-state index contributed by atoms with van der Waals surface area (Å²) in [6, 6.07) is 6.53. The van der Waals surface area contributed by atoms with Gasteiger partial charge in [-0.15, -0.1) is 0 Å². The average Bonchev–Trinajstić information content (AvgIpc) is 3.44. The molecule has 2 heterocycles. The van der Waals surface area contributed by atoms with E-state index in [9.17, 15) is 83.1 Å². The van der Waals surface area contributed by atoms with Gasteiger partial charge in [0, 0.05) is 44.1 Å². The number of hydrogen-bond donors (Lipinski definition) is 0. The first-order valence-corrected chi connectivity index (χ1v) is 14.6. The Hall–Kier alpha value is -2.90. The highest BCUT2D eigenvalue weighted by atomic mass is 32.2. The highest BCUT2D eigenvalue weighted by molar-refractivity contribution is 7.90. The molecule has 1 aromatic carbocycles. The van der Waals surface area contributed by atoms with Crippen LogP contribution in [0.15, 0.2) is 24.3 Å². The Morgan fingerprint density at radius 1 is 0.729 bits per heavy atom. The third-order valence-electron chi connectivity index (χ3n) is 6.82. The molecule has 1 aliphatic heterocycles.